The zero-order valence-electron chi connectivity index (χ0n) is 10.5. The largest absolute Gasteiger partial charge is 0.496 e. The van der Waals surface area contributed by atoms with Gasteiger partial charge in [-0.3, -0.25) is 0 Å². The van der Waals surface area contributed by atoms with E-state index in [-0.39, 0.29) is 0 Å². The average Bonchev–Trinajstić information content (AvgIpc) is 2.84. The highest BCUT2D eigenvalue weighted by atomic mass is 35.5. The second-order valence-electron chi connectivity index (χ2n) is 3.78. The number of hydrogen-bond acceptors (Lipinski definition) is 5. The van der Waals surface area contributed by atoms with Gasteiger partial charge in [-0.25, -0.2) is 4.68 Å². The lowest BCUT2D eigenvalue weighted by Crippen LogP contribution is -2.09. The van der Waals surface area contributed by atoms with Crippen LogP contribution in [0.3, 0.4) is 0 Å². The van der Waals surface area contributed by atoms with Crippen LogP contribution < -0.4 is 10.1 Å². The van der Waals surface area contributed by atoms with Gasteiger partial charge in [0.2, 0.25) is 5.95 Å². The minimum atomic E-state index is 0.515. The van der Waals surface area contributed by atoms with Crippen LogP contribution in [0.1, 0.15) is 5.56 Å². The van der Waals surface area contributed by atoms with Gasteiger partial charge in [-0.05, 0) is 28.6 Å². The van der Waals surface area contributed by atoms with Gasteiger partial charge >= 0.3 is 0 Å². The molecule has 0 amide bonds. The molecule has 1 aromatic carbocycles. The number of allylic oxidation sites excluding steroid dienone is 1. The van der Waals surface area contributed by atoms with E-state index in [0.717, 1.165) is 11.3 Å². The third-order valence-electron chi connectivity index (χ3n) is 2.51. The van der Waals surface area contributed by atoms with E-state index in [1.165, 1.54) is 0 Å². The molecule has 0 saturated carbocycles. The first-order valence-corrected chi connectivity index (χ1v) is 6.05. The zero-order valence-corrected chi connectivity index (χ0v) is 11.3. The van der Waals surface area contributed by atoms with Gasteiger partial charge in [0.1, 0.15) is 5.75 Å². The van der Waals surface area contributed by atoms with Gasteiger partial charge in [0.25, 0.3) is 0 Å². The standard InChI is InChI=1S/C12H14ClN5O/c1-3-6-18-12(15-16-17-18)14-8-9-7-10(13)4-5-11(9)19-2/h3-5,7H,1,6,8H2,2H3,(H,14,15,17). The Labute approximate surface area is 116 Å². The van der Waals surface area contributed by atoms with Crippen LogP contribution in [0.2, 0.25) is 5.02 Å². The van der Waals surface area contributed by atoms with E-state index < -0.39 is 0 Å². The van der Waals surface area contributed by atoms with Gasteiger partial charge in [0.05, 0.1) is 13.7 Å². The number of halogens is 1. The van der Waals surface area contributed by atoms with E-state index in [9.17, 15) is 0 Å². The number of aromatic nitrogens is 4. The molecule has 0 radical (unpaired) electrons. The molecule has 19 heavy (non-hydrogen) atoms. The van der Waals surface area contributed by atoms with Crippen molar-refractivity contribution in [3.05, 3.63) is 41.4 Å². The van der Waals surface area contributed by atoms with E-state index in [1.54, 1.807) is 23.9 Å². The fourth-order valence-electron chi connectivity index (χ4n) is 1.64. The quantitative estimate of drug-likeness (QED) is 0.821. The summed E-state index contributed by atoms with van der Waals surface area (Å²) in [6.45, 7) is 4.71. The Morgan fingerprint density at radius 2 is 2.37 bits per heavy atom. The number of methoxy groups -OCH3 is 1. The number of ether oxygens (including phenoxy) is 1. The number of benzene rings is 1. The van der Waals surface area contributed by atoms with Crippen LogP contribution >= 0.6 is 11.6 Å². The molecular weight excluding hydrogens is 266 g/mol. The fourth-order valence-corrected chi connectivity index (χ4v) is 1.83. The molecule has 6 nitrogen and oxygen atoms in total. The maximum Gasteiger partial charge on any atom is 0.243 e. The first-order chi connectivity index (χ1) is 9.24. The molecule has 0 atom stereocenters. The lowest BCUT2D eigenvalue weighted by atomic mass is 10.2. The SMILES string of the molecule is C=CCn1nnnc1NCc1cc(Cl)ccc1OC. The second-order valence-corrected chi connectivity index (χ2v) is 4.22. The van der Waals surface area contributed by atoms with Crippen LogP contribution in [0.5, 0.6) is 5.75 Å². The topological polar surface area (TPSA) is 64.9 Å². The van der Waals surface area contributed by atoms with Crippen LogP contribution in [0.25, 0.3) is 0 Å². The lowest BCUT2D eigenvalue weighted by Gasteiger charge is -2.10. The molecule has 0 aliphatic heterocycles. The van der Waals surface area contributed by atoms with E-state index in [4.69, 9.17) is 16.3 Å². The van der Waals surface area contributed by atoms with Crippen molar-refractivity contribution >= 4 is 17.5 Å². The minimum absolute atomic E-state index is 0.515. The van der Waals surface area contributed by atoms with Crippen molar-refractivity contribution in [2.45, 2.75) is 13.1 Å². The number of rotatable bonds is 6. The van der Waals surface area contributed by atoms with Crippen molar-refractivity contribution in [3.8, 4) is 5.75 Å². The van der Waals surface area contributed by atoms with Gasteiger partial charge in [-0.15, -0.1) is 6.58 Å². The van der Waals surface area contributed by atoms with E-state index >= 15 is 0 Å². The molecule has 1 N–H and O–H groups in total. The number of nitrogens with one attached hydrogen (secondary N) is 1. The van der Waals surface area contributed by atoms with E-state index in [0.29, 0.717) is 24.1 Å². The predicted molar refractivity (Wildman–Crippen MR) is 73.3 cm³/mol. The number of nitrogens with zero attached hydrogens (tertiary/aromatic N) is 4. The number of hydrogen-bond donors (Lipinski definition) is 1. The third kappa shape index (κ3) is 3.23. The van der Waals surface area contributed by atoms with Crippen molar-refractivity contribution in [1.82, 2.24) is 20.2 Å². The van der Waals surface area contributed by atoms with Crippen LogP contribution in [0, 0.1) is 0 Å². The summed E-state index contributed by atoms with van der Waals surface area (Å²) in [4.78, 5) is 0. The van der Waals surface area contributed by atoms with E-state index in [2.05, 4.69) is 27.4 Å². The summed E-state index contributed by atoms with van der Waals surface area (Å²) < 4.78 is 6.89. The maximum atomic E-state index is 5.97. The van der Waals surface area contributed by atoms with Gasteiger partial charge in [-0.2, -0.15) is 0 Å². The van der Waals surface area contributed by atoms with Gasteiger partial charge in [0.15, 0.2) is 0 Å². The molecular formula is C12H14ClN5O. The molecule has 100 valence electrons. The first-order valence-electron chi connectivity index (χ1n) is 5.68. The molecule has 1 aromatic heterocycles. The summed E-state index contributed by atoms with van der Waals surface area (Å²) in [7, 11) is 1.62. The molecule has 7 heteroatoms. The monoisotopic (exact) mass is 279 g/mol. The van der Waals surface area contributed by atoms with Crippen molar-refractivity contribution in [1.29, 1.82) is 0 Å². The van der Waals surface area contributed by atoms with Gasteiger partial charge < -0.3 is 10.1 Å². The molecule has 0 bridgehead atoms. The Morgan fingerprint density at radius 3 is 3.11 bits per heavy atom. The molecule has 0 spiro atoms. The summed E-state index contributed by atoms with van der Waals surface area (Å²) in [5.41, 5.74) is 0.933. The Hall–Kier alpha value is -2.08. The molecule has 2 rings (SSSR count). The molecule has 2 aromatic rings. The Morgan fingerprint density at radius 1 is 1.53 bits per heavy atom. The van der Waals surface area contributed by atoms with Crippen LogP contribution in [0.15, 0.2) is 30.9 Å². The second kappa shape index (κ2) is 6.19. The van der Waals surface area contributed by atoms with Crippen molar-refractivity contribution < 1.29 is 4.74 Å². The number of tetrazole rings is 1. The third-order valence-corrected chi connectivity index (χ3v) is 2.75. The van der Waals surface area contributed by atoms with Gasteiger partial charge in [0, 0.05) is 17.1 Å². The summed E-state index contributed by atoms with van der Waals surface area (Å²) in [5, 5.41) is 15.1. The smallest absolute Gasteiger partial charge is 0.243 e. The predicted octanol–water partition coefficient (Wildman–Crippen LogP) is 2.13. The molecule has 0 aliphatic rings. The van der Waals surface area contributed by atoms with E-state index in [1.807, 2.05) is 12.1 Å². The Kier molecular flexibility index (Phi) is 4.35. The lowest BCUT2D eigenvalue weighted by molar-refractivity contribution is 0.410. The average molecular weight is 280 g/mol. The summed E-state index contributed by atoms with van der Waals surface area (Å²) in [6, 6.07) is 5.45. The Balaban J connectivity index is 2.11. The highest BCUT2D eigenvalue weighted by Gasteiger charge is 2.07. The van der Waals surface area contributed by atoms with Crippen molar-refractivity contribution in [2.24, 2.45) is 0 Å². The maximum absolute atomic E-state index is 5.97. The van der Waals surface area contributed by atoms with Crippen LogP contribution in [-0.4, -0.2) is 27.3 Å². The Bertz CT molecular complexity index is 569. The van der Waals surface area contributed by atoms with Crippen LogP contribution in [-0.2, 0) is 13.1 Å². The molecule has 0 aliphatic carbocycles. The minimum Gasteiger partial charge on any atom is -0.496 e. The zero-order chi connectivity index (χ0) is 13.7. The highest BCUT2D eigenvalue weighted by Crippen LogP contribution is 2.23. The molecule has 0 unspecified atom stereocenters. The molecule has 1 heterocycles. The normalized spacial score (nSPS) is 10.2. The first kappa shape index (κ1) is 13.4. The highest BCUT2D eigenvalue weighted by molar-refractivity contribution is 6.30. The number of anilines is 1. The van der Waals surface area contributed by atoms with Crippen molar-refractivity contribution in [2.75, 3.05) is 12.4 Å². The van der Waals surface area contributed by atoms with Gasteiger partial charge in [-0.1, -0.05) is 22.8 Å². The summed E-state index contributed by atoms with van der Waals surface area (Å²) in [6.07, 6.45) is 1.72. The fraction of sp³-hybridized carbons (Fsp3) is 0.250. The summed E-state index contributed by atoms with van der Waals surface area (Å²) >= 11 is 5.97. The molecule has 0 saturated heterocycles. The molecule has 0 fully saturated rings. The van der Waals surface area contributed by atoms with Crippen LogP contribution in [0.4, 0.5) is 5.95 Å². The summed E-state index contributed by atoms with van der Waals surface area (Å²) in [5.74, 6) is 1.33. The van der Waals surface area contributed by atoms with Crippen molar-refractivity contribution in [3.63, 3.8) is 0 Å².